The Morgan fingerprint density at radius 2 is 1.57 bits per heavy atom. The van der Waals surface area contributed by atoms with Crippen LogP contribution in [-0.4, -0.2) is 27.4 Å². The molecule has 35 heavy (non-hydrogen) atoms. The second-order valence-corrected chi connectivity index (χ2v) is 8.32. The number of hydrogen-bond donors (Lipinski definition) is 2. The summed E-state index contributed by atoms with van der Waals surface area (Å²) in [5, 5.41) is 6.32. The fourth-order valence-corrected chi connectivity index (χ4v) is 4.30. The van der Waals surface area contributed by atoms with Crippen molar-refractivity contribution in [3.8, 4) is 0 Å². The van der Waals surface area contributed by atoms with E-state index in [0.717, 1.165) is 10.9 Å². The largest absolute Gasteiger partial charge is 0.337 e. The van der Waals surface area contributed by atoms with Crippen molar-refractivity contribution in [2.75, 3.05) is 10.2 Å². The van der Waals surface area contributed by atoms with Gasteiger partial charge in [0, 0.05) is 28.4 Å². The second kappa shape index (κ2) is 9.36. The van der Waals surface area contributed by atoms with E-state index in [1.165, 1.54) is 4.90 Å². The normalized spacial score (nSPS) is 14.9. The van der Waals surface area contributed by atoms with E-state index in [2.05, 4.69) is 10.6 Å². The van der Waals surface area contributed by atoms with Gasteiger partial charge in [-0.25, -0.2) is 0 Å². The van der Waals surface area contributed by atoms with Crippen molar-refractivity contribution in [3.63, 3.8) is 0 Å². The minimum absolute atomic E-state index is 0.0309. The van der Waals surface area contributed by atoms with E-state index in [-0.39, 0.29) is 23.1 Å². The monoisotopic (exact) mass is 480 g/mol. The van der Waals surface area contributed by atoms with Gasteiger partial charge < -0.3 is 9.88 Å². The molecule has 1 aliphatic heterocycles. The summed E-state index contributed by atoms with van der Waals surface area (Å²) >= 11 is 5.26. The number of carbonyl (C=O) groups excluding carboxylic acids is 3. The molecule has 1 fully saturated rings. The summed E-state index contributed by atoms with van der Waals surface area (Å²) in [5.41, 5.74) is 2.68. The highest BCUT2D eigenvalue weighted by Gasteiger charge is 2.34. The fourth-order valence-electron chi connectivity index (χ4n) is 4.02. The number of amides is 3. The first-order chi connectivity index (χ1) is 17.0. The van der Waals surface area contributed by atoms with Gasteiger partial charge in [-0.05, 0) is 48.6 Å². The Balaban J connectivity index is 1.49. The molecule has 3 aromatic carbocycles. The molecule has 0 atom stereocenters. The molecule has 5 rings (SSSR count). The summed E-state index contributed by atoms with van der Waals surface area (Å²) < 4.78 is 1.80. The summed E-state index contributed by atoms with van der Waals surface area (Å²) in [7, 11) is 0. The van der Waals surface area contributed by atoms with E-state index in [4.69, 9.17) is 12.2 Å². The first kappa shape index (κ1) is 22.2. The van der Waals surface area contributed by atoms with E-state index >= 15 is 0 Å². The Bertz CT molecular complexity index is 1490. The predicted molar refractivity (Wildman–Crippen MR) is 140 cm³/mol. The number of nitrogens with one attached hydrogen (secondary N) is 2. The number of nitrogens with zero attached hydrogens (tertiary/aromatic N) is 2. The molecule has 8 heteroatoms. The van der Waals surface area contributed by atoms with Crippen LogP contribution >= 0.6 is 12.2 Å². The first-order valence-corrected chi connectivity index (χ1v) is 11.3. The van der Waals surface area contributed by atoms with Crippen LogP contribution in [-0.2, 0) is 20.9 Å². The quantitative estimate of drug-likeness (QED) is 0.256. The van der Waals surface area contributed by atoms with Crippen molar-refractivity contribution in [3.05, 3.63) is 102 Å². The Hall–Kier alpha value is -4.56. The summed E-state index contributed by atoms with van der Waals surface area (Å²) in [6.07, 6.45) is 3.31. The Labute approximate surface area is 206 Å². The van der Waals surface area contributed by atoms with Gasteiger partial charge in [-0.15, -0.1) is 0 Å². The van der Waals surface area contributed by atoms with Gasteiger partial charge in [-0.2, -0.15) is 0 Å². The topological polar surface area (TPSA) is 83.4 Å². The Morgan fingerprint density at radius 3 is 2.31 bits per heavy atom. The molecule has 1 saturated heterocycles. The van der Waals surface area contributed by atoms with Gasteiger partial charge in [0.1, 0.15) is 12.1 Å². The lowest BCUT2D eigenvalue weighted by molar-refractivity contribution is -0.122. The number of carbonyl (C=O) groups is 3. The highest BCUT2D eigenvalue weighted by molar-refractivity contribution is 7.80. The van der Waals surface area contributed by atoms with Crippen LogP contribution in [0.2, 0.25) is 0 Å². The smallest absolute Gasteiger partial charge is 0.270 e. The molecule has 0 spiro atoms. The molecular formula is C27H20N4O3S. The molecule has 0 radical (unpaired) electrons. The molecule has 0 unspecified atom stereocenters. The van der Waals surface area contributed by atoms with Crippen molar-refractivity contribution in [2.45, 2.75) is 6.54 Å². The van der Waals surface area contributed by atoms with E-state index in [1.807, 2.05) is 60.7 Å². The Kier molecular flexibility index (Phi) is 5.95. The summed E-state index contributed by atoms with van der Waals surface area (Å²) in [6, 6.07) is 25.6. The number of hydrogen-bond acceptors (Lipinski definition) is 4. The number of para-hydroxylation sites is 3. The molecule has 1 aliphatic rings. The highest BCUT2D eigenvalue weighted by atomic mass is 32.1. The Morgan fingerprint density at radius 1 is 0.914 bits per heavy atom. The minimum atomic E-state index is -0.564. The van der Waals surface area contributed by atoms with Crippen LogP contribution in [0.4, 0.5) is 11.4 Å². The van der Waals surface area contributed by atoms with Crippen molar-refractivity contribution in [1.29, 1.82) is 0 Å². The lowest BCUT2D eigenvalue weighted by atomic mass is 10.1. The van der Waals surface area contributed by atoms with Crippen LogP contribution in [0.25, 0.3) is 17.0 Å². The molecule has 0 saturated carbocycles. The zero-order chi connectivity index (χ0) is 24.4. The SMILES string of the molecule is O=C(Cn1cc(C=C2C(=O)NC(=S)N(c3ccccc3)C2=O)c2ccccc21)Nc1ccccc1. The van der Waals surface area contributed by atoms with Gasteiger partial charge in [0.2, 0.25) is 5.91 Å². The lowest BCUT2D eigenvalue weighted by Gasteiger charge is -2.28. The maximum Gasteiger partial charge on any atom is 0.270 e. The first-order valence-electron chi connectivity index (χ1n) is 10.9. The molecule has 0 aliphatic carbocycles. The van der Waals surface area contributed by atoms with E-state index in [1.54, 1.807) is 41.1 Å². The van der Waals surface area contributed by atoms with Crippen LogP contribution in [0.5, 0.6) is 0 Å². The van der Waals surface area contributed by atoms with E-state index in [0.29, 0.717) is 16.9 Å². The maximum atomic E-state index is 13.3. The third-order valence-electron chi connectivity index (χ3n) is 5.61. The maximum absolute atomic E-state index is 13.3. The predicted octanol–water partition coefficient (Wildman–Crippen LogP) is 4.11. The zero-order valence-corrected chi connectivity index (χ0v) is 19.3. The van der Waals surface area contributed by atoms with Gasteiger partial charge in [-0.3, -0.25) is 24.6 Å². The molecule has 1 aromatic heterocycles. The lowest BCUT2D eigenvalue weighted by Crippen LogP contribution is -2.54. The van der Waals surface area contributed by atoms with Crippen LogP contribution < -0.4 is 15.5 Å². The number of rotatable bonds is 5. The highest BCUT2D eigenvalue weighted by Crippen LogP contribution is 2.26. The number of anilines is 2. The zero-order valence-electron chi connectivity index (χ0n) is 18.5. The molecular weight excluding hydrogens is 460 g/mol. The number of fused-ring (bicyclic) bond motifs is 1. The van der Waals surface area contributed by atoms with Crippen molar-refractivity contribution >= 4 is 63.4 Å². The number of thiocarbonyl (C=S) groups is 1. The van der Waals surface area contributed by atoms with Crippen LogP contribution in [0.3, 0.4) is 0 Å². The third-order valence-corrected chi connectivity index (χ3v) is 5.89. The third kappa shape index (κ3) is 4.47. The molecule has 7 nitrogen and oxygen atoms in total. The van der Waals surface area contributed by atoms with E-state index < -0.39 is 11.8 Å². The summed E-state index contributed by atoms with van der Waals surface area (Å²) in [6.45, 7) is 0.0684. The van der Waals surface area contributed by atoms with E-state index in [9.17, 15) is 14.4 Å². The van der Waals surface area contributed by atoms with Gasteiger partial charge in [-0.1, -0.05) is 54.6 Å². The molecule has 3 amide bonds. The van der Waals surface area contributed by atoms with Crippen LogP contribution in [0.15, 0.2) is 96.7 Å². The van der Waals surface area contributed by atoms with Gasteiger partial charge in [0.05, 0.1) is 5.69 Å². The summed E-state index contributed by atoms with van der Waals surface area (Å²) in [4.78, 5) is 40.0. The number of aromatic nitrogens is 1. The summed E-state index contributed by atoms with van der Waals surface area (Å²) in [5.74, 6) is -1.27. The molecule has 172 valence electrons. The van der Waals surface area contributed by atoms with Gasteiger partial charge in [0.15, 0.2) is 5.11 Å². The molecule has 0 bridgehead atoms. The van der Waals surface area contributed by atoms with Crippen molar-refractivity contribution < 1.29 is 14.4 Å². The van der Waals surface area contributed by atoms with Crippen molar-refractivity contribution in [1.82, 2.24) is 9.88 Å². The molecule has 2 N–H and O–H groups in total. The average molecular weight is 481 g/mol. The molecule has 2 heterocycles. The minimum Gasteiger partial charge on any atom is -0.337 e. The van der Waals surface area contributed by atoms with Gasteiger partial charge >= 0.3 is 0 Å². The fraction of sp³-hybridized carbons (Fsp3) is 0.0370. The van der Waals surface area contributed by atoms with Crippen LogP contribution in [0, 0.1) is 0 Å². The van der Waals surface area contributed by atoms with Crippen LogP contribution in [0.1, 0.15) is 5.56 Å². The number of benzene rings is 3. The van der Waals surface area contributed by atoms with Gasteiger partial charge in [0.25, 0.3) is 11.8 Å². The second-order valence-electron chi connectivity index (χ2n) is 7.94. The molecule has 4 aromatic rings. The average Bonchev–Trinajstić information content (AvgIpc) is 3.20. The van der Waals surface area contributed by atoms with Crippen molar-refractivity contribution in [2.24, 2.45) is 0 Å². The standard InChI is InChI=1S/C27H20N4O3S/c32-24(28-19-9-3-1-4-10-19)17-30-16-18(21-13-7-8-14-23(21)30)15-22-25(33)29-27(35)31(26(22)34)20-11-5-2-6-12-20/h1-16H,17H2,(H,28,32)(H,29,33,35).